The average molecular weight is 208 g/mol. The molecule has 0 unspecified atom stereocenters. The van der Waals surface area contributed by atoms with Crippen LogP contribution in [0.5, 0.6) is 11.5 Å². The largest absolute Gasteiger partial charge is 0.493 e. The van der Waals surface area contributed by atoms with Crippen molar-refractivity contribution < 1.29 is 14.6 Å². The van der Waals surface area contributed by atoms with Gasteiger partial charge < -0.3 is 14.6 Å². The standard InChI is InChI=1S/C12H16O3/c1-14-11-6-4-8-3-5-9(13)7-10(8)12(11)15-2/h4,6,9,13H,3,5,7H2,1-2H3/t9-/m0/s1. The molecule has 0 aromatic heterocycles. The lowest BCUT2D eigenvalue weighted by molar-refractivity contribution is 0.157. The van der Waals surface area contributed by atoms with E-state index in [9.17, 15) is 5.11 Å². The third-order valence-corrected chi connectivity index (χ3v) is 2.93. The molecule has 0 saturated carbocycles. The van der Waals surface area contributed by atoms with Crippen molar-refractivity contribution in [1.29, 1.82) is 0 Å². The van der Waals surface area contributed by atoms with Crippen molar-refractivity contribution >= 4 is 0 Å². The van der Waals surface area contributed by atoms with Crippen molar-refractivity contribution in [3.8, 4) is 11.5 Å². The van der Waals surface area contributed by atoms with Crippen LogP contribution in [0.25, 0.3) is 0 Å². The van der Waals surface area contributed by atoms with E-state index in [0.29, 0.717) is 6.42 Å². The van der Waals surface area contributed by atoms with Crippen molar-refractivity contribution in [2.24, 2.45) is 0 Å². The molecule has 1 aliphatic carbocycles. The molecule has 0 heterocycles. The third-order valence-electron chi connectivity index (χ3n) is 2.93. The quantitative estimate of drug-likeness (QED) is 0.801. The van der Waals surface area contributed by atoms with E-state index in [1.807, 2.05) is 6.07 Å². The lowest BCUT2D eigenvalue weighted by atomic mass is 9.89. The van der Waals surface area contributed by atoms with Crippen molar-refractivity contribution in [1.82, 2.24) is 0 Å². The fourth-order valence-electron chi connectivity index (χ4n) is 2.15. The Bertz CT molecular complexity index is 360. The summed E-state index contributed by atoms with van der Waals surface area (Å²) >= 11 is 0. The Morgan fingerprint density at radius 1 is 1.27 bits per heavy atom. The number of aliphatic hydroxyl groups is 1. The molecule has 15 heavy (non-hydrogen) atoms. The van der Waals surface area contributed by atoms with Crippen molar-refractivity contribution in [3.05, 3.63) is 23.3 Å². The number of ether oxygens (including phenoxy) is 2. The monoisotopic (exact) mass is 208 g/mol. The Morgan fingerprint density at radius 2 is 2.07 bits per heavy atom. The maximum absolute atomic E-state index is 9.64. The zero-order valence-corrected chi connectivity index (χ0v) is 9.12. The fraction of sp³-hybridized carbons (Fsp3) is 0.500. The van der Waals surface area contributed by atoms with Crippen LogP contribution in [0, 0.1) is 0 Å². The first-order valence-electron chi connectivity index (χ1n) is 5.17. The lowest BCUT2D eigenvalue weighted by Crippen LogP contribution is -2.19. The molecule has 0 radical (unpaired) electrons. The van der Waals surface area contributed by atoms with Gasteiger partial charge in [-0.1, -0.05) is 6.07 Å². The molecule has 2 rings (SSSR count). The minimum atomic E-state index is -0.251. The lowest BCUT2D eigenvalue weighted by Gasteiger charge is -2.23. The predicted octanol–water partition coefficient (Wildman–Crippen LogP) is 1.55. The van der Waals surface area contributed by atoms with Gasteiger partial charge in [-0.25, -0.2) is 0 Å². The molecule has 0 amide bonds. The summed E-state index contributed by atoms with van der Waals surface area (Å²) in [6, 6.07) is 3.98. The summed E-state index contributed by atoms with van der Waals surface area (Å²) in [6.07, 6.45) is 2.16. The van der Waals surface area contributed by atoms with Crippen LogP contribution in [0.2, 0.25) is 0 Å². The van der Waals surface area contributed by atoms with Crippen LogP contribution in [0.1, 0.15) is 17.5 Å². The highest BCUT2D eigenvalue weighted by atomic mass is 16.5. The predicted molar refractivity (Wildman–Crippen MR) is 57.6 cm³/mol. The molecule has 1 aromatic carbocycles. The van der Waals surface area contributed by atoms with Gasteiger partial charge in [0.2, 0.25) is 0 Å². The molecule has 1 aromatic rings. The molecule has 0 spiro atoms. The first-order chi connectivity index (χ1) is 7.26. The number of aryl methyl sites for hydroxylation is 1. The maximum atomic E-state index is 9.64. The normalized spacial score (nSPS) is 19.5. The summed E-state index contributed by atoms with van der Waals surface area (Å²) in [4.78, 5) is 0. The molecule has 0 fully saturated rings. The Morgan fingerprint density at radius 3 is 2.73 bits per heavy atom. The third kappa shape index (κ3) is 1.79. The number of benzene rings is 1. The first kappa shape index (κ1) is 10.3. The fourth-order valence-corrected chi connectivity index (χ4v) is 2.15. The van der Waals surface area contributed by atoms with E-state index in [2.05, 4.69) is 6.07 Å². The van der Waals surface area contributed by atoms with Gasteiger partial charge in [0.15, 0.2) is 11.5 Å². The molecule has 1 N–H and O–H groups in total. The topological polar surface area (TPSA) is 38.7 Å². The second-order valence-corrected chi connectivity index (χ2v) is 3.84. The molecule has 0 aliphatic heterocycles. The van der Waals surface area contributed by atoms with Gasteiger partial charge in [-0.3, -0.25) is 0 Å². The van der Waals surface area contributed by atoms with Crippen molar-refractivity contribution in [2.45, 2.75) is 25.4 Å². The molecule has 3 heteroatoms. The molecule has 1 aliphatic rings. The number of fused-ring (bicyclic) bond motifs is 1. The molecule has 3 nitrogen and oxygen atoms in total. The van der Waals surface area contributed by atoms with Crippen LogP contribution < -0.4 is 9.47 Å². The number of methoxy groups -OCH3 is 2. The van der Waals surface area contributed by atoms with Gasteiger partial charge in [0.25, 0.3) is 0 Å². The van der Waals surface area contributed by atoms with Gasteiger partial charge in [-0.15, -0.1) is 0 Å². The van der Waals surface area contributed by atoms with Gasteiger partial charge >= 0.3 is 0 Å². The summed E-state index contributed by atoms with van der Waals surface area (Å²) in [7, 11) is 3.27. The highest BCUT2D eigenvalue weighted by Crippen LogP contribution is 2.37. The van der Waals surface area contributed by atoms with E-state index in [4.69, 9.17) is 9.47 Å². The zero-order chi connectivity index (χ0) is 10.8. The second-order valence-electron chi connectivity index (χ2n) is 3.84. The number of aliphatic hydroxyl groups excluding tert-OH is 1. The van der Waals surface area contributed by atoms with E-state index in [1.54, 1.807) is 14.2 Å². The number of hydrogen-bond donors (Lipinski definition) is 1. The Hall–Kier alpha value is -1.22. The summed E-state index contributed by atoms with van der Waals surface area (Å²) in [5.41, 5.74) is 2.36. The zero-order valence-electron chi connectivity index (χ0n) is 9.12. The van der Waals surface area contributed by atoms with Gasteiger partial charge in [0, 0.05) is 12.0 Å². The van der Waals surface area contributed by atoms with Crippen LogP contribution in [0.3, 0.4) is 0 Å². The van der Waals surface area contributed by atoms with Gasteiger partial charge in [-0.05, 0) is 24.5 Å². The second kappa shape index (κ2) is 4.11. The first-order valence-corrected chi connectivity index (χ1v) is 5.17. The summed E-state index contributed by atoms with van der Waals surface area (Å²) in [6.45, 7) is 0. The van der Waals surface area contributed by atoms with Crippen molar-refractivity contribution in [2.75, 3.05) is 14.2 Å². The van der Waals surface area contributed by atoms with Gasteiger partial charge in [-0.2, -0.15) is 0 Å². The van der Waals surface area contributed by atoms with Gasteiger partial charge in [0.1, 0.15) is 0 Å². The summed E-state index contributed by atoms with van der Waals surface area (Å²) in [5, 5.41) is 9.64. The smallest absolute Gasteiger partial charge is 0.164 e. The molecule has 1 atom stereocenters. The van der Waals surface area contributed by atoms with Crippen LogP contribution in [0.15, 0.2) is 12.1 Å². The van der Waals surface area contributed by atoms with Crippen LogP contribution >= 0.6 is 0 Å². The molecule has 0 saturated heterocycles. The van der Waals surface area contributed by atoms with Gasteiger partial charge in [0.05, 0.1) is 20.3 Å². The maximum Gasteiger partial charge on any atom is 0.164 e. The molecule has 0 bridgehead atoms. The number of hydrogen-bond acceptors (Lipinski definition) is 3. The van der Waals surface area contributed by atoms with Crippen molar-refractivity contribution in [3.63, 3.8) is 0 Å². The Labute approximate surface area is 89.6 Å². The minimum Gasteiger partial charge on any atom is -0.493 e. The number of rotatable bonds is 2. The van der Waals surface area contributed by atoms with Crippen LogP contribution in [-0.2, 0) is 12.8 Å². The molecule has 82 valence electrons. The van der Waals surface area contributed by atoms with E-state index in [-0.39, 0.29) is 6.10 Å². The Balaban J connectivity index is 2.48. The highest BCUT2D eigenvalue weighted by molar-refractivity contribution is 5.52. The summed E-state index contributed by atoms with van der Waals surface area (Å²) < 4.78 is 10.6. The van der Waals surface area contributed by atoms with E-state index in [1.165, 1.54) is 5.56 Å². The van der Waals surface area contributed by atoms with E-state index >= 15 is 0 Å². The molecular formula is C12H16O3. The Kier molecular flexibility index (Phi) is 2.82. The molecular weight excluding hydrogens is 192 g/mol. The van der Waals surface area contributed by atoms with Crippen LogP contribution in [0.4, 0.5) is 0 Å². The highest BCUT2D eigenvalue weighted by Gasteiger charge is 2.22. The average Bonchev–Trinajstić information content (AvgIpc) is 2.27. The van der Waals surface area contributed by atoms with Crippen LogP contribution in [-0.4, -0.2) is 25.4 Å². The van der Waals surface area contributed by atoms with E-state index in [0.717, 1.165) is 29.9 Å². The van der Waals surface area contributed by atoms with E-state index < -0.39 is 0 Å². The minimum absolute atomic E-state index is 0.251. The SMILES string of the molecule is COc1ccc2c(c1OC)C[C@@H](O)CC2. The summed E-state index contributed by atoms with van der Waals surface area (Å²) in [5.74, 6) is 1.51.